The monoisotopic (exact) mass is 532 g/mol. The van der Waals surface area contributed by atoms with Crippen molar-refractivity contribution in [2.75, 3.05) is 32.0 Å². The number of nitrogens with one attached hydrogen (secondary N) is 2. The Hall–Kier alpha value is -4.37. The van der Waals surface area contributed by atoms with E-state index in [9.17, 15) is 19.5 Å². The zero-order valence-electron chi connectivity index (χ0n) is 22.3. The van der Waals surface area contributed by atoms with E-state index in [1.807, 2.05) is 0 Å². The maximum absolute atomic E-state index is 13.9. The summed E-state index contributed by atoms with van der Waals surface area (Å²) in [5.41, 5.74) is -0.418. The molecule has 0 heterocycles. The highest BCUT2D eigenvalue weighted by Crippen LogP contribution is 2.47. The van der Waals surface area contributed by atoms with Crippen LogP contribution in [0.1, 0.15) is 24.8 Å². The van der Waals surface area contributed by atoms with Crippen LogP contribution in [0.15, 0.2) is 72.8 Å². The predicted molar refractivity (Wildman–Crippen MR) is 146 cm³/mol. The summed E-state index contributed by atoms with van der Waals surface area (Å²) in [7, 11) is 4.49. The van der Waals surface area contributed by atoms with Crippen LogP contribution < -0.4 is 24.8 Å². The van der Waals surface area contributed by atoms with Gasteiger partial charge in [-0.1, -0.05) is 36.4 Å². The van der Waals surface area contributed by atoms with Crippen LogP contribution in [-0.4, -0.2) is 49.6 Å². The van der Waals surface area contributed by atoms with Crippen molar-refractivity contribution in [1.29, 1.82) is 0 Å². The van der Waals surface area contributed by atoms with Gasteiger partial charge < -0.3 is 30.0 Å². The van der Waals surface area contributed by atoms with Gasteiger partial charge in [-0.15, -0.1) is 0 Å². The van der Waals surface area contributed by atoms with Crippen molar-refractivity contribution in [3.63, 3.8) is 0 Å². The Morgan fingerprint density at radius 1 is 0.795 bits per heavy atom. The molecule has 3 aromatic carbocycles. The van der Waals surface area contributed by atoms with E-state index >= 15 is 0 Å². The van der Waals surface area contributed by atoms with Crippen molar-refractivity contribution in [3.8, 4) is 17.2 Å². The van der Waals surface area contributed by atoms with Crippen molar-refractivity contribution >= 4 is 29.0 Å². The number of carbonyl (C=O) groups is 3. The van der Waals surface area contributed by atoms with Crippen LogP contribution in [0.5, 0.6) is 17.2 Å². The highest BCUT2D eigenvalue weighted by molar-refractivity contribution is 6.11. The van der Waals surface area contributed by atoms with Gasteiger partial charge >= 0.3 is 0 Å². The summed E-state index contributed by atoms with van der Waals surface area (Å²) in [5.74, 6) is -3.62. The smallest absolute Gasteiger partial charge is 0.235 e. The predicted octanol–water partition coefficient (Wildman–Crippen LogP) is 4.03. The van der Waals surface area contributed by atoms with Gasteiger partial charge in [0, 0.05) is 12.3 Å². The lowest BCUT2D eigenvalue weighted by atomic mass is 9.61. The van der Waals surface area contributed by atoms with Crippen LogP contribution in [0.2, 0.25) is 0 Å². The number of rotatable bonds is 8. The topological polar surface area (TPSA) is 123 Å². The van der Waals surface area contributed by atoms with Crippen molar-refractivity contribution in [1.82, 2.24) is 0 Å². The lowest BCUT2D eigenvalue weighted by Gasteiger charge is -2.44. The second-order valence-electron chi connectivity index (χ2n) is 9.63. The number of ether oxygens (including phenoxy) is 3. The Balaban J connectivity index is 1.79. The number of ketones is 1. The molecule has 9 heteroatoms. The van der Waals surface area contributed by atoms with Gasteiger partial charge in [0.2, 0.25) is 11.8 Å². The molecule has 4 atom stereocenters. The number of Topliss-reactive ketones (excluding diaryl/α,β-unsaturated/α-hetero) is 1. The van der Waals surface area contributed by atoms with Gasteiger partial charge in [0.15, 0.2) is 0 Å². The molecule has 0 unspecified atom stereocenters. The molecule has 1 aliphatic carbocycles. The largest absolute Gasteiger partial charge is 0.497 e. The van der Waals surface area contributed by atoms with Crippen molar-refractivity contribution in [2.24, 2.45) is 11.8 Å². The Morgan fingerprint density at radius 2 is 1.31 bits per heavy atom. The fourth-order valence-corrected chi connectivity index (χ4v) is 5.23. The number of para-hydroxylation sites is 4. The maximum Gasteiger partial charge on any atom is 0.235 e. The molecule has 0 aromatic heterocycles. The minimum absolute atomic E-state index is 0.381. The summed E-state index contributed by atoms with van der Waals surface area (Å²) in [6.07, 6.45) is -0.381. The minimum atomic E-state index is -1.74. The van der Waals surface area contributed by atoms with E-state index in [0.29, 0.717) is 34.2 Å². The molecule has 0 aliphatic heterocycles. The van der Waals surface area contributed by atoms with Crippen LogP contribution in [-0.2, 0) is 14.4 Å². The molecule has 1 aliphatic rings. The van der Waals surface area contributed by atoms with E-state index in [1.165, 1.54) is 28.3 Å². The molecule has 4 rings (SSSR count). The first-order valence-corrected chi connectivity index (χ1v) is 12.5. The molecule has 0 saturated heterocycles. The van der Waals surface area contributed by atoms with E-state index in [4.69, 9.17) is 14.2 Å². The third-order valence-electron chi connectivity index (χ3n) is 7.06. The zero-order valence-corrected chi connectivity index (χ0v) is 22.3. The molecule has 3 N–H and O–H groups in total. The van der Waals surface area contributed by atoms with Crippen molar-refractivity contribution in [3.05, 3.63) is 78.4 Å². The second-order valence-corrected chi connectivity index (χ2v) is 9.63. The standard InChI is InChI=1S/C30H32N2O7/c1-30(36)17-22(33)26(28(34)31-20-9-5-7-11-23(20)38-3)25(18-13-15-19(37-2)16-14-18)27(30)29(35)32-21-10-6-8-12-24(21)39-4/h5-16,25-27,36H,17H2,1-4H3,(H,31,34)(H,32,35)/t25-,26-,27+,30-/m1/s1. The van der Waals surface area contributed by atoms with Crippen LogP contribution in [0.3, 0.4) is 0 Å². The molecule has 2 amide bonds. The molecule has 1 saturated carbocycles. The zero-order chi connectivity index (χ0) is 28.2. The summed E-state index contributed by atoms with van der Waals surface area (Å²) in [4.78, 5) is 41.1. The third kappa shape index (κ3) is 5.73. The number of anilines is 2. The molecule has 3 aromatic rings. The lowest BCUT2D eigenvalue weighted by molar-refractivity contribution is -0.150. The van der Waals surface area contributed by atoms with E-state index in [2.05, 4.69) is 10.6 Å². The molecule has 0 spiro atoms. The normalized spacial score (nSPS) is 22.5. The number of carbonyl (C=O) groups excluding carboxylic acids is 3. The number of benzene rings is 3. The Morgan fingerprint density at radius 3 is 1.82 bits per heavy atom. The van der Waals surface area contributed by atoms with Gasteiger partial charge in [-0.25, -0.2) is 0 Å². The van der Waals surface area contributed by atoms with E-state index in [-0.39, 0.29) is 6.42 Å². The quantitative estimate of drug-likeness (QED) is 0.374. The van der Waals surface area contributed by atoms with Crippen molar-refractivity contribution in [2.45, 2.75) is 24.9 Å². The first kappa shape index (κ1) is 27.7. The SMILES string of the molecule is COc1ccc([C@@H]2[C@H](C(=O)Nc3ccccc3OC)C(=O)C[C@@](C)(O)[C@@H]2C(=O)Nc2ccccc2OC)cc1. The molecule has 1 fully saturated rings. The highest BCUT2D eigenvalue weighted by Gasteiger charge is 2.56. The number of aliphatic hydroxyl groups is 1. The summed E-state index contributed by atoms with van der Waals surface area (Å²) in [6, 6.07) is 20.5. The van der Waals surface area contributed by atoms with Gasteiger partial charge in [-0.2, -0.15) is 0 Å². The van der Waals surface area contributed by atoms with Crippen LogP contribution in [0.4, 0.5) is 11.4 Å². The fourth-order valence-electron chi connectivity index (χ4n) is 5.23. The molecule has 0 radical (unpaired) electrons. The first-order chi connectivity index (χ1) is 18.7. The summed E-state index contributed by atoms with van der Waals surface area (Å²) in [5, 5.41) is 17.1. The Labute approximate surface area is 227 Å². The lowest BCUT2D eigenvalue weighted by Crippen LogP contribution is -2.56. The Bertz CT molecular complexity index is 1350. The van der Waals surface area contributed by atoms with E-state index in [1.54, 1.807) is 72.8 Å². The van der Waals surface area contributed by atoms with E-state index < -0.39 is 41.0 Å². The van der Waals surface area contributed by atoms with Gasteiger partial charge in [-0.3, -0.25) is 14.4 Å². The number of methoxy groups -OCH3 is 3. The average molecular weight is 533 g/mol. The van der Waals surface area contributed by atoms with Gasteiger partial charge in [0.1, 0.15) is 28.9 Å². The molecule has 9 nitrogen and oxygen atoms in total. The van der Waals surface area contributed by atoms with Crippen LogP contribution >= 0.6 is 0 Å². The number of hydrogen-bond donors (Lipinski definition) is 3. The molecule has 204 valence electrons. The van der Waals surface area contributed by atoms with Gasteiger partial charge in [-0.05, 0) is 48.9 Å². The van der Waals surface area contributed by atoms with Crippen molar-refractivity contribution < 1.29 is 33.7 Å². The molecular weight excluding hydrogens is 500 g/mol. The Kier molecular flexibility index (Phi) is 8.21. The van der Waals surface area contributed by atoms with Gasteiger partial charge in [0.05, 0.1) is 44.2 Å². The molecule has 39 heavy (non-hydrogen) atoms. The first-order valence-electron chi connectivity index (χ1n) is 12.5. The average Bonchev–Trinajstić information content (AvgIpc) is 2.92. The molecule has 0 bridgehead atoms. The number of hydrogen-bond acceptors (Lipinski definition) is 7. The van der Waals surface area contributed by atoms with Gasteiger partial charge in [0.25, 0.3) is 0 Å². The second kappa shape index (κ2) is 11.6. The number of amides is 2. The third-order valence-corrected chi connectivity index (χ3v) is 7.06. The maximum atomic E-state index is 13.9. The fraction of sp³-hybridized carbons (Fsp3) is 0.300. The summed E-state index contributed by atoms with van der Waals surface area (Å²) < 4.78 is 16.0. The minimum Gasteiger partial charge on any atom is -0.497 e. The molecular formula is C30H32N2O7. The van der Waals surface area contributed by atoms with Crippen LogP contribution in [0.25, 0.3) is 0 Å². The van der Waals surface area contributed by atoms with Crippen LogP contribution in [0, 0.1) is 11.8 Å². The van der Waals surface area contributed by atoms with E-state index in [0.717, 1.165) is 0 Å². The summed E-state index contributed by atoms with van der Waals surface area (Å²) in [6.45, 7) is 1.45. The highest BCUT2D eigenvalue weighted by atomic mass is 16.5. The summed E-state index contributed by atoms with van der Waals surface area (Å²) >= 11 is 0.